The first-order valence-electron chi connectivity index (χ1n) is 29.5. The van der Waals surface area contributed by atoms with E-state index in [1.165, 1.54) is 51.8 Å². The van der Waals surface area contributed by atoms with Crippen molar-refractivity contribution in [1.82, 2.24) is 70.8 Å². The number of carboxylic acid groups (broad SMARTS) is 4. The van der Waals surface area contributed by atoms with E-state index in [0.29, 0.717) is 24.7 Å². The molecule has 3 atom stereocenters. The lowest BCUT2D eigenvalue weighted by Gasteiger charge is -2.33. The van der Waals surface area contributed by atoms with E-state index in [1.54, 1.807) is 42.2 Å². The van der Waals surface area contributed by atoms with E-state index < -0.39 is 158 Å². The Morgan fingerprint density at radius 2 is 1.20 bits per heavy atom. The monoisotopic (exact) mass is 1410 g/mol. The number of ether oxygens (including phenoxy) is 1. The van der Waals surface area contributed by atoms with Crippen molar-refractivity contribution in [3.8, 4) is 5.75 Å². The second-order valence-electron chi connectivity index (χ2n) is 22.2. The van der Waals surface area contributed by atoms with Crippen molar-refractivity contribution in [1.29, 1.82) is 0 Å². The average Bonchev–Trinajstić information content (AvgIpc) is 0.829. The molecule has 3 unspecified atom stereocenters. The van der Waals surface area contributed by atoms with Crippen LogP contribution in [-0.4, -0.2) is 283 Å². The molecule has 1 aliphatic rings. The molecule has 530 valence electrons. The number of fused-ring (bicyclic) bond motifs is 1. The Balaban J connectivity index is 1.10. The SMILES string of the molecule is Cc1cc(OCCCC(=O)NCCNC(=O)C(CS(=O)(=O)O)NC(=O)C(CS(=O)(=O)O)NC(=O)CN2CCN(CC(=O)O)CCN(CC(=O)O)CCN(CC(=O)O)CC2)cc(C)c1S(=O)(=O)NC(CNC(=O)c1cn(C)c2cc(CNCNc3ncc[nH]3)ccc2c1=O)C(=O)O. The third-order valence-corrected chi connectivity index (χ3v) is 17.7. The lowest BCUT2D eigenvalue weighted by Crippen LogP contribution is -2.58. The van der Waals surface area contributed by atoms with Crippen LogP contribution in [0, 0.1) is 13.8 Å². The van der Waals surface area contributed by atoms with Crippen LogP contribution in [0.2, 0.25) is 0 Å². The zero-order valence-corrected chi connectivity index (χ0v) is 54.9. The fraction of sp³-hybridized carbons (Fsp3) is 0.509. The lowest BCUT2D eigenvalue weighted by atomic mass is 10.1. The number of imidazole rings is 1. The Morgan fingerprint density at radius 1 is 0.667 bits per heavy atom. The highest BCUT2D eigenvalue weighted by Crippen LogP contribution is 2.26. The fourth-order valence-corrected chi connectivity index (χ4v) is 12.9. The minimum atomic E-state index is -5.13. The summed E-state index contributed by atoms with van der Waals surface area (Å²) in [6, 6.07) is 1.46. The van der Waals surface area contributed by atoms with Gasteiger partial charge in [-0.3, -0.25) is 82.0 Å². The zero-order valence-electron chi connectivity index (χ0n) is 52.4. The molecule has 96 heavy (non-hydrogen) atoms. The van der Waals surface area contributed by atoms with Gasteiger partial charge in [0.1, 0.15) is 40.9 Å². The molecule has 0 saturated carbocycles. The van der Waals surface area contributed by atoms with E-state index in [2.05, 4.69) is 46.6 Å². The van der Waals surface area contributed by atoms with Crippen molar-refractivity contribution in [2.75, 3.05) is 128 Å². The molecule has 0 radical (unpaired) electrons. The maximum absolute atomic E-state index is 13.7. The molecule has 0 spiro atoms. The van der Waals surface area contributed by atoms with Crippen molar-refractivity contribution < 1.29 is 103 Å². The molecular formula is C55H79N15O23S3. The molecule has 3 heterocycles. The summed E-state index contributed by atoms with van der Waals surface area (Å²) in [4.78, 5) is 140. The van der Waals surface area contributed by atoms with Gasteiger partial charge in [0.25, 0.3) is 26.1 Å². The van der Waals surface area contributed by atoms with Gasteiger partial charge in [-0.25, -0.2) is 13.4 Å². The van der Waals surface area contributed by atoms with Crippen LogP contribution in [0.25, 0.3) is 10.9 Å². The summed E-state index contributed by atoms with van der Waals surface area (Å²) in [5.41, 5.74) is 0.640. The molecular weight excluding hydrogens is 1330 g/mol. The summed E-state index contributed by atoms with van der Waals surface area (Å²) in [5, 5.41) is 56.0. The van der Waals surface area contributed by atoms with Crippen LogP contribution in [0.15, 0.2) is 58.6 Å². The summed E-state index contributed by atoms with van der Waals surface area (Å²) in [7, 11) is -13.2. The average molecular weight is 1410 g/mol. The van der Waals surface area contributed by atoms with Gasteiger partial charge in [-0.2, -0.15) is 21.6 Å². The number of H-pyrrole nitrogens is 1. The third-order valence-electron chi connectivity index (χ3n) is 14.4. The first-order chi connectivity index (χ1) is 45.1. The van der Waals surface area contributed by atoms with Gasteiger partial charge < -0.3 is 66.6 Å². The molecule has 41 heteroatoms. The predicted octanol–water partition coefficient (Wildman–Crippen LogP) is -5.19. The van der Waals surface area contributed by atoms with Crippen LogP contribution in [0.5, 0.6) is 5.75 Å². The Bertz CT molecular complexity index is 3800. The number of sulfonamides is 1. The number of nitrogens with zero attached hydrogens (tertiary/aromatic N) is 6. The van der Waals surface area contributed by atoms with E-state index in [1.807, 2.05) is 5.32 Å². The predicted molar refractivity (Wildman–Crippen MR) is 339 cm³/mol. The second kappa shape index (κ2) is 36.4. The van der Waals surface area contributed by atoms with Gasteiger partial charge in [0.05, 0.1) is 49.9 Å². The number of carbonyl (C=O) groups is 9. The van der Waals surface area contributed by atoms with E-state index in [9.17, 15) is 103 Å². The van der Waals surface area contributed by atoms with Gasteiger partial charge in [0.15, 0.2) is 0 Å². The van der Waals surface area contributed by atoms with Gasteiger partial charge in [-0.15, -0.1) is 0 Å². The van der Waals surface area contributed by atoms with Gasteiger partial charge in [0.2, 0.25) is 45.0 Å². The Morgan fingerprint density at radius 3 is 1.71 bits per heavy atom. The van der Waals surface area contributed by atoms with Crippen LogP contribution < -0.4 is 52.1 Å². The zero-order chi connectivity index (χ0) is 71.1. The number of rotatable bonds is 36. The van der Waals surface area contributed by atoms with Crippen molar-refractivity contribution in [3.63, 3.8) is 0 Å². The number of benzene rings is 2. The Hall–Kier alpha value is -8.78. The van der Waals surface area contributed by atoms with Crippen molar-refractivity contribution >= 4 is 101 Å². The van der Waals surface area contributed by atoms with Crippen LogP contribution in [0.4, 0.5) is 5.95 Å². The highest BCUT2D eigenvalue weighted by atomic mass is 32.2. The molecule has 5 rings (SSSR count). The molecule has 1 fully saturated rings. The summed E-state index contributed by atoms with van der Waals surface area (Å²) >= 11 is 0. The Kier molecular flexibility index (Phi) is 29.5. The van der Waals surface area contributed by atoms with E-state index in [0.717, 1.165) is 5.56 Å². The van der Waals surface area contributed by atoms with Crippen LogP contribution >= 0.6 is 0 Å². The van der Waals surface area contributed by atoms with E-state index in [-0.39, 0.29) is 111 Å². The minimum absolute atomic E-state index is 0.0352. The van der Waals surface area contributed by atoms with Gasteiger partial charge in [-0.1, -0.05) is 6.07 Å². The maximum Gasteiger partial charge on any atom is 0.323 e. The molecule has 5 amide bonds. The van der Waals surface area contributed by atoms with Crippen molar-refractivity contribution in [3.05, 3.63) is 81.4 Å². The van der Waals surface area contributed by atoms with Gasteiger partial charge >= 0.3 is 23.9 Å². The number of nitrogens with one attached hydrogen (secondary N) is 9. The minimum Gasteiger partial charge on any atom is -0.494 e. The maximum atomic E-state index is 13.7. The quantitative estimate of drug-likeness (QED) is 0.0115. The van der Waals surface area contributed by atoms with Crippen LogP contribution in [0.3, 0.4) is 0 Å². The molecule has 4 aromatic rings. The third kappa shape index (κ3) is 26.8. The number of hydrogen-bond donors (Lipinski definition) is 15. The fourth-order valence-electron chi connectivity index (χ4n) is 9.96. The van der Waals surface area contributed by atoms with Crippen molar-refractivity contribution in [2.45, 2.75) is 56.3 Å². The highest BCUT2D eigenvalue weighted by Gasteiger charge is 2.34. The smallest absolute Gasteiger partial charge is 0.323 e. The standard InChI is InChI=1S/C55H79N15O23S3/c1-34-21-37(22-35(2)50(34)96(91,92)65-40(54(83)84)25-61-51(80)39-26-66(3)43-23-36(6-7-38(43)49(39)79)24-56-33-62-55-59-10-11-60-55)93-20-4-5-44(71)57-8-9-58-52(81)41(31-94(85,86)87)64-53(82)42(32-95(88,89)90)63-45(72)27-67-12-14-68(28-46(73)74)16-18-70(30-48(77)78)19-17-69(15-13-67)29-47(75)76/h6-7,10-11,21-23,26,40-42,56,65H,4-5,8-9,12-20,24-25,27-33H2,1-3H3,(H,57,71)(H,58,81)(H,61,80)(H,63,72)(H,64,82)(H,73,74)(H,75,76)(H,77,78)(H,83,84)(H2,59,60,62)(H,85,86,87)(H,88,89,90). The van der Waals surface area contributed by atoms with E-state index >= 15 is 0 Å². The van der Waals surface area contributed by atoms with Gasteiger partial charge in [-0.05, 0) is 61.2 Å². The molecule has 0 bridgehead atoms. The molecule has 2 aromatic carbocycles. The normalized spacial score (nSPS) is 15.2. The molecule has 0 aliphatic carbocycles. The number of aromatic nitrogens is 3. The number of aliphatic carboxylic acids is 4. The van der Waals surface area contributed by atoms with Crippen LogP contribution in [-0.2, 0) is 82.2 Å². The summed E-state index contributed by atoms with van der Waals surface area (Å²) in [6.07, 6.45) is 4.46. The number of carboxylic acids is 4. The van der Waals surface area contributed by atoms with Crippen molar-refractivity contribution in [2.24, 2.45) is 7.05 Å². The number of pyridine rings is 1. The molecule has 2 aromatic heterocycles. The first-order valence-corrected chi connectivity index (χ1v) is 34.2. The lowest BCUT2D eigenvalue weighted by molar-refractivity contribution is -0.140. The summed E-state index contributed by atoms with van der Waals surface area (Å²) in [6.45, 7) is -0.0302. The molecule has 38 nitrogen and oxygen atoms in total. The summed E-state index contributed by atoms with van der Waals surface area (Å²) in [5.74, 6) is -13.0. The number of aryl methyl sites for hydroxylation is 3. The molecule has 15 N–H and O–H groups in total. The highest BCUT2D eigenvalue weighted by molar-refractivity contribution is 7.89. The van der Waals surface area contributed by atoms with E-state index in [4.69, 9.17) is 4.74 Å². The number of amides is 5. The molecule has 1 saturated heterocycles. The number of anilines is 1. The number of carbonyl (C=O) groups excluding carboxylic acids is 5. The first kappa shape index (κ1) is 77.9. The number of aromatic amines is 1. The largest absolute Gasteiger partial charge is 0.494 e. The Labute approximate surface area is 550 Å². The topological polar surface area (TPSA) is 547 Å². The second-order valence-corrected chi connectivity index (χ2v) is 26.9. The molecule has 1 aliphatic heterocycles. The van der Waals surface area contributed by atoms with Gasteiger partial charge in [0, 0.05) is 116 Å². The number of hydrogen-bond acceptors (Lipinski definition) is 24. The summed E-state index contributed by atoms with van der Waals surface area (Å²) < 4.78 is 104. The van der Waals surface area contributed by atoms with Crippen LogP contribution in [0.1, 0.15) is 39.9 Å².